The number of hydrogen-bond acceptors (Lipinski definition) is 4. The monoisotopic (exact) mass is 310 g/mol. The molecule has 0 aromatic heterocycles. The van der Waals surface area contributed by atoms with Crippen LogP contribution in [0.5, 0.6) is 0 Å². The molecule has 2 aliphatic heterocycles. The first kappa shape index (κ1) is 17.2. The topological polar surface area (TPSA) is 49.4 Å². The molecule has 0 atom stereocenters. The Morgan fingerprint density at radius 3 is 2.42 bits per heavy atom. The first-order chi connectivity index (χ1) is 8.44. The number of piperidine rings is 1. The van der Waals surface area contributed by atoms with E-state index in [-0.39, 0.29) is 17.7 Å². The van der Waals surface area contributed by atoms with Crippen LogP contribution in [0.25, 0.3) is 0 Å². The van der Waals surface area contributed by atoms with Gasteiger partial charge in [0.15, 0.2) is 9.84 Å². The number of rotatable bonds is 4. The van der Waals surface area contributed by atoms with Gasteiger partial charge in [-0.3, -0.25) is 0 Å². The summed E-state index contributed by atoms with van der Waals surface area (Å²) < 4.78 is 23.6. The van der Waals surface area contributed by atoms with E-state index < -0.39 is 9.84 Å². The van der Waals surface area contributed by atoms with Gasteiger partial charge in [-0.1, -0.05) is 0 Å². The van der Waals surface area contributed by atoms with Gasteiger partial charge in [0, 0.05) is 13.1 Å². The van der Waals surface area contributed by atoms with Gasteiger partial charge in [-0.25, -0.2) is 8.42 Å². The van der Waals surface area contributed by atoms with Crippen LogP contribution in [0.15, 0.2) is 0 Å². The third-order valence-electron chi connectivity index (χ3n) is 4.59. The minimum absolute atomic E-state index is 0. The lowest BCUT2D eigenvalue weighted by Crippen LogP contribution is -2.39. The van der Waals surface area contributed by atoms with Gasteiger partial charge >= 0.3 is 0 Å². The van der Waals surface area contributed by atoms with Crippen molar-refractivity contribution < 1.29 is 8.42 Å². The van der Waals surface area contributed by atoms with E-state index in [1.165, 1.54) is 19.3 Å². The summed E-state index contributed by atoms with van der Waals surface area (Å²) in [6, 6.07) is 0. The van der Waals surface area contributed by atoms with Gasteiger partial charge in [0.05, 0.1) is 11.0 Å². The molecule has 4 nitrogen and oxygen atoms in total. The Hall–Kier alpha value is 0.160. The van der Waals surface area contributed by atoms with Crippen molar-refractivity contribution in [1.82, 2.24) is 10.2 Å². The third kappa shape index (κ3) is 4.31. The normalized spacial score (nSPS) is 23.7. The zero-order valence-electron chi connectivity index (χ0n) is 12.0. The van der Waals surface area contributed by atoms with E-state index in [1.54, 1.807) is 13.8 Å². The molecule has 1 N–H and O–H groups in total. The molecule has 2 aliphatic rings. The maximum Gasteiger partial charge on any atom is 0.153 e. The molecule has 0 saturated carbocycles. The quantitative estimate of drug-likeness (QED) is 0.850. The lowest BCUT2D eigenvalue weighted by molar-refractivity contribution is 0.199. The Bertz CT molecular complexity index is 378. The summed E-state index contributed by atoms with van der Waals surface area (Å²) in [4.78, 5) is 2.35. The van der Waals surface area contributed by atoms with Gasteiger partial charge in [0.2, 0.25) is 0 Å². The van der Waals surface area contributed by atoms with E-state index in [0.29, 0.717) is 11.2 Å². The molecule has 6 heteroatoms. The molecule has 0 aromatic rings. The van der Waals surface area contributed by atoms with E-state index in [9.17, 15) is 8.42 Å². The lowest BCUT2D eigenvalue weighted by atomic mass is 9.78. The highest BCUT2D eigenvalue weighted by Gasteiger charge is 2.38. The molecule has 114 valence electrons. The standard InChI is InChI=1S/C13H26N2O2S.ClH/c1-12(2)18(16,17)10-9-15-8-5-13(11-15)3-6-14-7-4-13;/h12,14H,3-11H2,1-2H3;1H. The van der Waals surface area contributed by atoms with Gasteiger partial charge in [-0.05, 0) is 58.2 Å². The van der Waals surface area contributed by atoms with Crippen LogP contribution >= 0.6 is 12.4 Å². The summed E-state index contributed by atoms with van der Waals surface area (Å²) in [5.74, 6) is 0.318. The van der Waals surface area contributed by atoms with Crippen molar-refractivity contribution in [3.63, 3.8) is 0 Å². The van der Waals surface area contributed by atoms with Crippen LogP contribution in [-0.2, 0) is 9.84 Å². The predicted octanol–water partition coefficient (Wildman–Crippen LogP) is 1.31. The zero-order chi connectivity index (χ0) is 13.2. The molecule has 2 heterocycles. The van der Waals surface area contributed by atoms with Crippen LogP contribution in [0, 0.1) is 5.41 Å². The second-order valence-corrected chi connectivity index (χ2v) is 8.87. The van der Waals surface area contributed by atoms with Crippen LogP contribution in [0.1, 0.15) is 33.1 Å². The summed E-state index contributed by atoms with van der Waals surface area (Å²) in [7, 11) is -2.88. The van der Waals surface area contributed by atoms with E-state index in [1.807, 2.05) is 0 Å². The molecular weight excluding hydrogens is 284 g/mol. The molecule has 2 fully saturated rings. The number of hydrogen-bond donors (Lipinski definition) is 1. The van der Waals surface area contributed by atoms with Crippen molar-refractivity contribution in [3.05, 3.63) is 0 Å². The molecule has 19 heavy (non-hydrogen) atoms. The average molecular weight is 311 g/mol. The maximum absolute atomic E-state index is 11.8. The Morgan fingerprint density at radius 2 is 1.84 bits per heavy atom. The van der Waals surface area contributed by atoms with E-state index >= 15 is 0 Å². The van der Waals surface area contributed by atoms with Crippen LogP contribution in [0.3, 0.4) is 0 Å². The van der Waals surface area contributed by atoms with Gasteiger partial charge in [0.1, 0.15) is 0 Å². The molecule has 0 radical (unpaired) electrons. The molecule has 0 amide bonds. The summed E-state index contributed by atoms with van der Waals surface area (Å²) >= 11 is 0. The van der Waals surface area contributed by atoms with Crippen LogP contribution in [-0.4, -0.2) is 57.0 Å². The van der Waals surface area contributed by atoms with E-state index in [2.05, 4.69) is 10.2 Å². The molecule has 2 saturated heterocycles. The zero-order valence-corrected chi connectivity index (χ0v) is 13.7. The van der Waals surface area contributed by atoms with Crippen molar-refractivity contribution in [1.29, 1.82) is 0 Å². The van der Waals surface area contributed by atoms with Crippen molar-refractivity contribution in [2.75, 3.05) is 38.5 Å². The van der Waals surface area contributed by atoms with Gasteiger partial charge in [-0.15, -0.1) is 12.4 Å². The Labute approximate surface area is 123 Å². The molecule has 0 bridgehead atoms. The average Bonchev–Trinajstić information content (AvgIpc) is 2.71. The fourth-order valence-electron chi connectivity index (χ4n) is 3.08. The SMILES string of the molecule is CC(C)S(=O)(=O)CCN1CCC2(CCNCC2)C1.Cl. The summed E-state index contributed by atoms with van der Waals surface area (Å²) in [5, 5.41) is 3.16. The van der Waals surface area contributed by atoms with Crippen LogP contribution in [0.2, 0.25) is 0 Å². The fraction of sp³-hybridized carbons (Fsp3) is 1.00. The molecule has 1 spiro atoms. The van der Waals surface area contributed by atoms with Crippen molar-refractivity contribution >= 4 is 22.2 Å². The molecular formula is C13H27ClN2O2S. The first-order valence-corrected chi connectivity index (χ1v) is 8.80. The van der Waals surface area contributed by atoms with E-state index in [4.69, 9.17) is 0 Å². The van der Waals surface area contributed by atoms with Gasteiger partial charge < -0.3 is 10.2 Å². The smallest absolute Gasteiger partial charge is 0.153 e. The fourth-order valence-corrected chi connectivity index (χ4v) is 4.06. The van der Waals surface area contributed by atoms with Crippen LogP contribution < -0.4 is 5.32 Å². The number of likely N-dealkylation sites (tertiary alicyclic amines) is 1. The Kier molecular flexibility index (Phi) is 6.11. The van der Waals surface area contributed by atoms with E-state index in [0.717, 1.165) is 32.7 Å². The summed E-state index contributed by atoms with van der Waals surface area (Å²) in [5.41, 5.74) is 0.479. The number of sulfone groups is 1. The largest absolute Gasteiger partial charge is 0.317 e. The second-order valence-electron chi connectivity index (χ2n) is 6.19. The highest BCUT2D eigenvalue weighted by molar-refractivity contribution is 7.92. The second kappa shape index (κ2) is 6.74. The first-order valence-electron chi connectivity index (χ1n) is 7.08. The highest BCUT2D eigenvalue weighted by Crippen LogP contribution is 2.38. The minimum Gasteiger partial charge on any atom is -0.317 e. The van der Waals surface area contributed by atoms with Crippen molar-refractivity contribution in [2.24, 2.45) is 5.41 Å². The lowest BCUT2D eigenvalue weighted by Gasteiger charge is -2.33. The molecule has 2 rings (SSSR count). The molecule has 0 unspecified atom stereocenters. The molecule has 0 aliphatic carbocycles. The Balaban J connectivity index is 0.00000180. The van der Waals surface area contributed by atoms with Gasteiger partial charge in [-0.2, -0.15) is 0 Å². The number of halogens is 1. The summed E-state index contributed by atoms with van der Waals surface area (Å²) in [6.45, 7) is 8.68. The third-order valence-corrected chi connectivity index (χ3v) is 6.78. The number of nitrogens with one attached hydrogen (secondary N) is 1. The molecule has 0 aromatic carbocycles. The maximum atomic E-state index is 11.8. The summed E-state index contributed by atoms with van der Waals surface area (Å²) in [6.07, 6.45) is 3.75. The van der Waals surface area contributed by atoms with Gasteiger partial charge in [0.25, 0.3) is 0 Å². The van der Waals surface area contributed by atoms with Crippen LogP contribution in [0.4, 0.5) is 0 Å². The predicted molar refractivity (Wildman–Crippen MR) is 81.8 cm³/mol. The van der Waals surface area contributed by atoms with Crippen molar-refractivity contribution in [3.8, 4) is 0 Å². The highest BCUT2D eigenvalue weighted by atomic mass is 35.5. The minimum atomic E-state index is -2.88. The van der Waals surface area contributed by atoms with Crippen molar-refractivity contribution in [2.45, 2.75) is 38.4 Å². The number of nitrogens with zero attached hydrogens (tertiary/aromatic N) is 1. The Morgan fingerprint density at radius 1 is 1.21 bits per heavy atom.